The van der Waals surface area contributed by atoms with E-state index in [9.17, 15) is 14.0 Å². The van der Waals surface area contributed by atoms with E-state index >= 15 is 0 Å². The van der Waals surface area contributed by atoms with Crippen LogP contribution in [0, 0.1) is 5.82 Å². The SMILES string of the molecule is COc1ccc(-n2nc(C3CCN(C(=O)Cc4ccc(F)cc4)CC3)[nH]c2=O)cc1. The zero-order valence-corrected chi connectivity index (χ0v) is 16.7. The van der Waals surface area contributed by atoms with Gasteiger partial charge in [0.15, 0.2) is 0 Å². The van der Waals surface area contributed by atoms with Crippen molar-refractivity contribution in [2.75, 3.05) is 20.2 Å². The number of aromatic nitrogens is 3. The Bertz CT molecular complexity index is 1070. The van der Waals surface area contributed by atoms with Crippen LogP contribution in [0.1, 0.15) is 30.1 Å². The molecule has 30 heavy (non-hydrogen) atoms. The molecule has 8 heteroatoms. The van der Waals surface area contributed by atoms with Crippen molar-refractivity contribution in [2.24, 2.45) is 0 Å². The third-order valence-electron chi connectivity index (χ3n) is 5.46. The normalized spacial score (nSPS) is 14.7. The standard InChI is InChI=1S/C22H23FN4O3/c1-30-19-8-6-18(7-9-19)27-22(29)24-21(25-27)16-10-12-26(13-11-16)20(28)14-15-2-4-17(23)5-3-15/h2-9,16H,10-14H2,1H3,(H,24,25,29). The molecule has 1 N–H and O–H groups in total. The van der Waals surface area contributed by atoms with Gasteiger partial charge < -0.3 is 9.64 Å². The highest BCUT2D eigenvalue weighted by atomic mass is 19.1. The van der Waals surface area contributed by atoms with Gasteiger partial charge in [0.2, 0.25) is 5.91 Å². The number of carbonyl (C=O) groups is 1. The number of halogens is 1. The molecule has 3 aromatic rings. The summed E-state index contributed by atoms with van der Waals surface area (Å²) in [7, 11) is 1.59. The number of benzene rings is 2. The summed E-state index contributed by atoms with van der Waals surface area (Å²) in [5, 5.41) is 4.47. The molecule has 1 fully saturated rings. The Morgan fingerprint density at radius 3 is 2.43 bits per heavy atom. The van der Waals surface area contributed by atoms with E-state index in [1.807, 2.05) is 4.90 Å². The first-order valence-corrected chi connectivity index (χ1v) is 9.89. The van der Waals surface area contributed by atoms with Crippen molar-refractivity contribution in [3.05, 3.63) is 76.2 Å². The topological polar surface area (TPSA) is 80.2 Å². The van der Waals surface area contributed by atoms with Crippen LogP contribution in [0.3, 0.4) is 0 Å². The molecule has 1 saturated heterocycles. The lowest BCUT2D eigenvalue weighted by Gasteiger charge is -2.31. The van der Waals surface area contributed by atoms with Gasteiger partial charge in [-0.25, -0.2) is 9.18 Å². The fraction of sp³-hybridized carbons (Fsp3) is 0.318. The van der Waals surface area contributed by atoms with Crippen molar-refractivity contribution in [3.63, 3.8) is 0 Å². The van der Waals surface area contributed by atoms with Crippen molar-refractivity contribution >= 4 is 5.91 Å². The molecule has 0 aliphatic carbocycles. The van der Waals surface area contributed by atoms with Crippen molar-refractivity contribution in [2.45, 2.75) is 25.2 Å². The number of H-pyrrole nitrogens is 1. The number of rotatable bonds is 5. The maximum absolute atomic E-state index is 13.0. The van der Waals surface area contributed by atoms with E-state index in [0.29, 0.717) is 30.4 Å². The largest absolute Gasteiger partial charge is 0.497 e. The first-order chi connectivity index (χ1) is 14.5. The minimum atomic E-state index is -0.310. The molecule has 1 aromatic heterocycles. The number of nitrogens with one attached hydrogen (secondary N) is 1. The van der Waals surface area contributed by atoms with E-state index in [0.717, 1.165) is 18.4 Å². The molecular formula is C22H23FN4O3. The molecule has 1 aliphatic rings. The van der Waals surface area contributed by atoms with Gasteiger partial charge in [-0.3, -0.25) is 9.78 Å². The number of carbonyl (C=O) groups excluding carboxylic acids is 1. The quantitative estimate of drug-likeness (QED) is 0.701. The van der Waals surface area contributed by atoms with Crippen LogP contribution in [0.15, 0.2) is 53.3 Å². The lowest BCUT2D eigenvalue weighted by Crippen LogP contribution is -2.39. The van der Waals surface area contributed by atoms with E-state index in [4.69, 9.17) is 4.74 Å². The molecule has 2 heterocycles. The van der Waals surface area contributed by atoms with E-state index in [2.05, 4.69) is 10.1 Å². The monoisotopic (exact) mass is 410 g/mol. The van der Waals surface area contributed by atoms with Gasteiger partial charge in [-0.05, 0) is 54.8 Å². The third kappa shape index (κ3) is 4.27. The first-order valence-electron chi connectivity index (χ1n) is 9.89. The molecule has 7 nitrogen and oxygen atoms in total. The molecule has 156 valence electrons. The van der Waals surface area contributed by atoms with Gasteiger partial charge in [-0.2, -0.15) is 4.68 Å². The summed E-state index contributed by atoms with van der Waals surface area (Å²) < 4.78 is 19.5. The lowest BCUT2D eigenvalue weighted by atomic mass is 9.95. The highest BCUT2D eigenvalue weighted by Gasteiger charge is 2.26. The highest BCUT2D eigenvalue weighted by Crippen LogP contribution is 2.25. The van der Waals surface area contributed by atoms with Gasteiger partial charge in [0.1, 0.15) is 17.4 Å². The average molecular weight is 410 g/mol. The summed E-state index contributed by atoms with van der Waals surface area (Å²) >= 11 is 0. The van der Waals surface area contributed by atoms with E-state index in [1.54, 1.807) is 43.5 Å². The van der Waals surface area contributed by atoms with Gasteiger partial charge in [0.25, 0.3) is 0 Å². The Morgan fingerprint density at radius 2 is 1.80 bits per heavy atom. The number of amides is 1. The van der Waals surface area contributed by atoms with Gasteiger partial charge in [0.05, 0.1) is 19.2 Å². The Labute approximate surface area is 173 Å². The van der Waals surface area contributed by atoms with E-state index in [1.165, 1.54) is 16.8 Å². The molecule has 0 unspecified atom stereocenters. The summed E-state index contributed by atoms with van der Waals surface area (Å²) in [4.78, 5) is 29.6. The minimum Gasteiger partial charge on any atom is -0.497 e. The maximum atomic E-state index is 13.0. The molecule has 0 saturated carbocycles. The van der Waals surface area contributed by atoms with Crippen molar-refractivity contribution in [1.29, 1.82) is 0 Å². The smallest absolute Gasteiger partial charge is 0.348 e. The maximum Gasteiger partial charge on any atom is 0.348 e. The average Bonchev–Trinajstić information content (AvgIpc) is 3.17. The second-order valence-electron chi connectivity index (χ2n) is 7.38. The number of ether oxygens (including phenoxy) is 1. The Balaban J connectivity index is 1.38. The van der Waals surface area contributed by atoms with Gasteiger partial charge >= 0.3 is 5.69 Å². The zero-order valence-electron chi connectivity index (χ0n) is 16.7. The minimum absolute atomic E-state index is 0.0253. The van der Waals surface area contributed by atoms with Crippen LogP contribution < -0.4 is 10.4 Å². The molecule has 1 aliphatic heterocycles. The van der Waals surface area contributed by atoms with Crippen LogP contribution in [-0.2, 0) is 11.2 Å². The van der Waals surface area contributed by atoms with Crippen molar-refractivity contribution in [1.82, 2.24) is 19.7 Å². The summed E-state index contributed by atoms with van der Waals surface area (Å²) in [5.74, 6) is 1.15. The molecule has 0 radical (unpaired) electrons. The van der Waals surface area contributed by atoms with Crippen molar-refractivity contribution < 1.29 is 13.9 Å². The van der Waals surface area contributed by atoms with E-state index < -0.39 is 0 Å². The second kappa shape index (κ2) is 8.52. The van der Waals surface area contributed by atoms with Crippen LogP contribution in [-0.4, -0.2) is 45.8 Å². The van der Waals surface area contributed by atoms with Crippen LogP contribution in [0.25, 0.3) is 5.69 Å². The Hall–Kier alpha value is -3.42. The lowest BCUT2D eigenvalue weighted by molar-refractivity contribution is -0.131. The summed E-state index contributed by atoms with van der Waals surface area (Å²) in [5.41, 5.74) is 1.17. The fourth-order valence-corrected chi connectivity index (χ4v) is 3.71. The number of nitrogens with zero attached hydrogens (tertiary/aromatic N) is 3. The molecule has 0 atom stereocenters. The van der Waals surface area contributed by atoms with Gasteiger partial charge in [-0.15, -0.1) is 5.10 Å². The number of hydrogen-bond donors (Lipinski definition) is 1. The zero-order chi connectivity index (χ0) is 21.1. The van der Waals surface area contributed by atoms with Gasteiger partial charge in [0, 0.05) is 19.0 Å². The van der Waals surface area contributed by atoms with Gasteiger partial charge in [-0.1, -0.05) is 12.1 Å². The number of piperidine rings is 1. The van der Waals surface area contributed by atoms with Crippen LogP contribution >= 0.6 is 0 Å². The molecule has 1 amide bonds. The summed E-state index contributed by atoms with van der Waals surface area (Å²) in [6, 6.07) is 13.1. The number of likely N-dealkylation sites (tertiary alicyclic amines) is 1. The van der Waals surface area contributed by atoms with Crippen molar-refractivity contribution in [3.8, 4) is 11.4 Å². The second-order valence-corrected chi connectivity index (χ2v) is 7.38. The third-order valence-corrected chi connectivity index (χ3v) is 5.46. The fourth-order valence-electron chi connectivity index (χ4n) is 3.71. The Morgan fingerprint density at radius 1 is 1.13 bits per heavy atom. The van der Waals surface area contributed by atoms with E-state index in [-0.39, 0.29) is 29.8 Å². The predicted molar refractivity (Wildman–Crippen MR) is 109 cm³/mol. The number of aromatic amines is 1. The predicted octanol–water partition coefficient (Wildman–Crippen LogP) is 2.66. The molecule has 0 bridgehead atoms. The van der Waals surface area contributed by atoms with Crippen LogP contribution in [0.4, 0.5) is 4.39 Å². The summed E-state index contributed by atoms with van der Waals surface area (Å²) in [6.07, 6.45) is 1.71. The molecule has 0 spiro atoms. The van der Waals surface area contributed by atoms with Crippen LogP contribution in [0.2, 0.25) is 0 Å². The Kier molecular flexibility index (Phi) is 5.65. The summed E-state index contributed by atoms with van der Waals surface area (Å²) in [6.45, 7) is 1.20. The highest BCUT2D eigenvalue weighted by molar-refractivity contribution is 5.78. The molecule has 2 aromatic carbocycles. The first kappa shape index (κ1) is 19.9. The number of methoxy groups -OCH3 is 1. The number of hydrogen-bond acceptors (Lipinski definition) is 4. The molecular weight excluding hydrogens is 387 g/mol. The molecule has 4 rings (SSSR count). The van der Waals surface area contributed by atoms with Crippen LogP contribution in [0.5, 0.6) is 5.75 Å².